The van der Waals surface area contributed by atoms with Crippen molar-refractivity contribution >= 4 is 11.9 Å². The molecule has 0 aromatic carbocycles. The molecule has 0 radical (unpaired) electrons. The number of carbonyl (C=O) groups excluding carboxylic acids is 2. The summed E-state index contributed by atoms with van der Waals surface area (Å²) in [7, 11) is 0. The zero-order valence-electron chi connectivity index (χ0n) is 11.3. The number of ether oxygens (including phenoxy) is 1. The molecule has 2 aliphatic carbocycles. The van der Waals surface area contributed by atoms with Crippen molar-refractivity contribution in [3.63, 3.8) is 0 Å². The van der Waals surface area contributed by atoms with Crippen molar-refractivity contribution in [3.8, 4) is 0 Å². The molecule has 100 valence electrons. The smallest absolute Gasteiger partial charge is 0.323 e. The van der Waals surface area contributed by atoms with Gasteiger partial charge in [0.25, 0.3) is 0 Å². The fraction of sp³-hybridized carbons (Fsp3) is 0.375. The van der Waals surface area contributed by atoms with E-state index in [0.29, 0.717) is 12.8 Å². The Hall–Kier alpha value is -1.90. The topological polar surface area (TPSA) is 43.4 Å². The van der Waals surface area contributed by atoms with E-state index in [1.54, 1.807) is 38.2 Å². The highest BCUT2D eigenvalue weighted by atomic mass is 16.6. The maximum absolute atomic E-state index is 12.1. The Bertz CT molecular complexity index is 464. The van der Waals surface area contributed by atoms with Gasteiger partial charge >= 0.3 is 11.9 Å². The average molecular weight is 258 g/mol. The van der Waals surface area contributed by atoms with Crippen LogP contribution in [0.5, 0.6) is 0 Å². The number of hydrogen-bond donors (Lipinski definition) is 0. The molecule has 0 bridgehead atoms. The molecule has 0 heterocycles. The lowest BCUT2D eigenvalue weighted by Crippen LogP contribution is -2.36. The Morgan fingerprint density at radius 2 is 1.26 bits per heavy atom. The van der Waals surface area contributed by atoms with E-state index < -0.39 is 22.8 Å². The van der Waals surface area contributed by atoms with Crippen LogP contribution in [0.15, 0.2) is 48.6 Å². The summed E-state index contributed by atoms with van der Waals surface area (Å²) in [5.41, 5.74) is -1.48. The van der Waals surface area contributed by atoms with E-state index >= 15 is 0 Å². The molecule has 0 aliphatic heterocycles. The monoisotopic (exact) mass is 258 g/mol. The third-order valence-electron chi connectivity index (χ3n) is 3.62. The van der Waals surface area contributed by atoms with Crippen molar-refractivity contribution in [3.05, 3.63) is 48.6 Å². The van der Waals surface area contributed by atoms with Crippen LogP contribution in [0, 0.1) is 10.8 Å². The van der Waals surface area contributed by atoms with Crippen LogP contribution in [0.2, 0.25) is 0 Å². The summed E-state index contributed by atoms with van der Waals surface area (Å²) >= 11 is 0. The van der Waals surface area contributed by atoms with Crippen molar-refractivity contribution in [1.29, 1.82) is 0 Å². The number of rotatable bonds is 2. The van der Waals surface area contributed by atoms with Gasteiger partial charge in [0, 0.05) is 0 Å². The first-order chi connectivity index (χ1) is 8.96. The van der Waals surface area contributed by atoms with E-state index in [2.05, 4.69) is 0 Å². The van der Waals surface area contributed by atoms with Crippen molar-refractivity contribution in [2.75, 3.05) is 0 Å². The van der Waals surface area contributed by atoms with E-state index in [0.717, 1.165) is 0 Å². The zero-order valence-corrected chi connectivity index (χ0v) is 11.3. The summed E-state index contributed by atoms with van der Waals surface area (Å²) in [6.45, 7) is 3.56. The molecule has 0 amide bonds. The minimum absolute atomic E-state index is 0.484. The Balaban J connectivity index is 2.05. The second-order valence-corrected chi connectivity index (χ2v) is 5.49. The molecule has 3 heteroatoms. The van der Waals surface area contributed by atoms with Gasteiger partial charge in [-0.2, -0.15) is 0 Å². The van der Waals surface area contributed by atoms with Crippen LogP contribution in [-0.2, 0) is 14.3 Å². The highest BCUT2D eigenvalue weighted by Gasteiger charge is 2.39. The van der Waals surface area contributed by atoms with Crippen LogP contribution >= 0.6 is 0 Å². The van der Waals surface area contributed by atoms with Crippen molar-refractivity contribution in [2.24, 2.45) is 10.8 Å². The van der Waals surface area contributed by atoms with Crippen LogP contribution in [0.3, 0.4) is 0 Å². The molecule has 0 saturated heterocycles. The first-order valence-electron chi connectivity index (χ1n) is 6.42. The molecule has 0 saturated carbocycles. The maximum Gasteiger partial charge on any atom is 0.323 e. The molecule has 0 N–H and O–H groups in total. The maximum atomic E-state index is 12.1. The highest BCUT2D eigenvalue weighted by molar-refractivity contribution is 5.93. The van der Waals surface area contributed by atoms with Crippen LogP contribution in [-0.4, -0.2) is 11.9 Å². The Labute approximate surface area is 113 Å². The predicted molar refractivity (Wildman–Crippen MR) is 73.1 cm³/mol. The van der Waals surface area contributed by atoms with Gasteiger partial charge in [0.2, 0.25) is 0 Å². The lowest BCUT2D eigenvalue weighted by atomic mass is 9.82. The Kier molecular flexibility index (Phi) is 3.56. The highest BCUT2D eigenvalue weighted by Crippen LogP contribution is 2.32. The number of carbonyl (C=O) groups is 2. The summed E-state index contributed by atoms with van der Waals surface area (Å²) in [6.07, 6.45) is 15.8. The lowest BCUT2D eigenvalue weighted by Gasteiger charge is -2.27. The summed E-state index contributed by atoms with van der Waals surface area (Å²) in [5, 5.41) is 0. The number of esters is 2. The fourth-order valence-electron chi connectivity index (χ4n) is 2.07. The van der Waals surface area contributed by atoms with Crippen LogP contribution in [0.1, 0.15) is 26.7 Å². The Morgan fingerprint density at radius 1 is 0.842 bits per heavy atom. The molecular weight excluding hydrogens is 240 g/mol. The van der Waals surface area contributed by atoms with Gasteiger partial charge in [-0.3, -0.25) is 9.59 Å². The van der Waals surface area contributed by atoms with Gasteiger partial charge in [-0.1, -0.05) is 48.6 Å². The van der Waals surface area contributed by atoms with Crippen molar-refractivity contribution in [1.82, 2.24) is 0 Å². The first-order valence-corrected chi connectivity index (χ1v) is 6.42. The minimum Gasteiger partial charge on any atom is -0.392 e. The molecule has 0 fully saturated rings. The molecule has 2 rings (SSSR count). The molecule has 2 atom stereocenters. The third-order valence-corrected chi connectivity index (χ3v) is 3.62. The number of allylic oxidation sites excluding steroid dienone is 6. The SMILES string of the molecule is CC1(C(=O)OC(=O)C2(C)C=CC=CC2)C=CC=CC1. The van der Waals surface area contributed by atoms with Gasteiger partial charge in [0.1, 0.15) is 0 Å². The zero-order chi connectivity index (χ0) is 13.9. The van der Waals surface area contributed by atoms with E-state index in [-0.39, 0.29) is 0 Å². The quantitative estimate of drug-likeness (QED) is 0.564. The van der Waals surface area contributed by atoms with Crippen LogP contribution in [0.4, 0.5) is 0 Å². The molecule has 0 aromatic heterocycles. The second-order valence-electron chi connectivity index (χ2n) is 5.49. The molecule has 2 unspecified atom stereocenters. The Morgan fingerprint density at radius 3 is 1.58 bits per heavy atom. The summed E-state index contributed by atoms with van der Waals surface area (Å²) < 4.78 is 5.09. The van der Waals surface area contributed by atoms with Crippen molar-refractivity contribution in [2.45, 2.75) is 26.7 Å². The minimum atomic E-state index is -0.741. The first kappa shape index (κ1) is 13.5. The van der Waals surface area contributed by atoms with Crippen molar-refractivity contribution < 1.29 is 14.3 Å². The third kappa shape index (κ3) is 2.75. The molecule has 19 heavy (non-hydrogen) atoms. The summed E-state index contributed by atoms with van der Waals surface area (Å²) in [5.74, 6) is -0.968. The van der Waals surface area contributed by atoms with Gasteiger partial charge in [-0.15, -0.1) is 0 Å². The van der Waals surface area contributed by atoms with Gasteiger partial charge in [-0.25, -0.2) is 0 Å². The largest absolute Gasteiger partial charge is 0.392 e. The number of hydrogen-bond acceptors (Lipinski definition) is 3. The lowest BCUT2D eigenvalue weighted by molar-refractivity contribution is -0.169. The molecule has 2 aliphatic rings. The standard InChI is InChI=1S/C16H18O3/c1-15(9-5-3-6-10-15)13(17)19-14(18)16(2)11-7-4-8-12-16/h3-9,11H,10,12H2,1-2H3. The van der Waals surface area contributed by atoms with Crippen LogP contribution < -0.4 is 0 Å². The molecule has 0 spiro atoms. The van der Waals surface area contributed by atoms with E-state index in [1.165, 1.54) is 0 Å². The van der Waals surface area contributed by atoms with E-state index in [1.807, 2.05) is 24.3 Å². The average Bonchev–Trinajstić information content (AvgIpc) is 2.40. The van der Waals surface area contributed by atoms with Crippen LogP contribution in [0.25, 0.3) is 0 Å². The second kappa shape index (κ2) is 5.00. The molecular formula is C16H18O3. The van der Waals surface area contributed by atoms with E-state index in [4.69, 9.17) is 4.74 Å². The predicted octanol–water partition coefficient (Wildman–Crippen LogP) is 3.10. The normalized spacial score (nSPS) is 32.3. The van der Waals surface area contributed by atoms with Gasteiger partial charge in [-0.05, 0) is 26.7 Å². The van der Waals surface area contributed by atoms with Gasteiger partial charge < -0.3 is 4.74 Å². The fourth-order valence-corrected chi connectivity index (χ4v) is 2.07. The van der Waals surface area contributed by atoms with Gasteiger partial charge in [0.05, 0.1) is 10.8 Å². The summed E-state index contributed by atoms with van der Waals surface area (Å²) in [4.78, 5) is 24.3. The molecule has 0 aromatic rings. The van der Waals surface area contributed by atoms with E-state index in [9.17, 15) is 9.59 Å². The summed E-state index contributed by atoms with van der Waals surface area (Å²) in [6, 6.07) is 0. The van der Waals surface area contributed by atoms with Gasteiger partial charge in [0.15, 0.2) is 0 Å². The molecule has 3 nitrogen and oxygen atoms in total.